The SMILES string of the molecule is CN(CCC#N)C(=O)c1ccc(OC2CCCC2)cc1. The van der Waals surface area contributed by atoms with Gasteiger partial charge in [-0.05, 0) is 49.9 Å². The number of amides is 1. The molecule has 0 bridgehead atoms. The van der Waals surface area contributed by atoms with Crippen molar-refractivity contribution in [2.75, 3.05) is 13.6 Å². The average Bonchev–Trinajstić information content (AvgIpc) is 2.97. The van der Waals surface area contributed by atoms with Gasteiger partial charge in [0.1, 0.15) is 5.75 Å². The first kappa shape index (κ1) is 14.4. The van der Waals surface area contributed by atoms with Crippen LogP contribution in [0.15, 0.2) is 24.3 Å². The summed E-state index contributed by atoms with van der Waals surface area (Å²) in [7, 11) is 1.71. The van der Waals surface area contributed by atoms with E-state index >= 15 is 0 Å². The molecule has 1 fully saturated rings. The number of nitriles is 1. The number of nitrogens with zero attached hydrogens (tertiary/aromatic N) is 2. The van der Waals surface area contributed by atoms with Gasteiger partial charge in [-0.25, -0.2) is 0 Å². The molecule has 2 rings (SSSR count). The molecule has 0 N–H and O–H groups in total. The Kier molecular flexibility index (Phi) is 5.00. The summed E-state index contributed by atoms with van der Waals surface area (Å²) in [6, 6.07) is 9.32. The fourth-order valence-corrected chi connectivity index (χ4v) is 2.41. The number of hydrogen-bond donors (Lipinski definition) is 0. The zero-order valence-electron chi connectivity index (χ0n) is 11.8. The maximum Gasteiger partial charge on any atom is 0.253 e. The standard InChI is InChI=1S/C16H20N2O2/c1-18(12-4-11-17)16(19)13-7-9-15(10-8-13)20-14-5-2-3-6-14/h7-10,14H,2-6,12H2,1H3. The van der Waals surface area contributed by atoms with Gasteiger partial charge in [0.05, 0.1) is 18.6 Å². The molecule has 1 amide bonds. The highest BCUT2D eigenvalue weighted by Gasteiger charge is 2.17. The summed E-state index contributed by atoms with van der Waals surface area (Å²) >= 11 is 0. The first-order chi connectivity index (χ1) is 9.70. The largest absolute Gasteiger partial charge is 0.490 e. The fraction of sp³-hybridized carbons (Fsp3) is 0.500. The van der Waals surface area contributed by atoms with E-state index in [1.807, 2.05) is 18.2 Å². The van der Waals surface area contributed by atoms with Crippen LogP contribution in [-0.2, 0) is 0 Å². The van der Waals surface area contributed by atoms with Crippen LogP contribution in [0.5, 0.6) is 5.75 Å². The highest BCUT2D eigenvalue weighted by Crippen LogP contribution is 2.24. The van der Waals surface area contributed by atoms with Crippen LogP contribution < -0.4 is 4.74 Å². The van der Waals surface area contributed by atoms with Crippen LogP contribution in [0.4, 0.5) is 0 Å². The molecule has 1 saturated carbocycles. The first-order valence-electron chi connectivity index (χ1n) is 7.10. The Morgan fingerprint density at radius 3 is 2.60 bits per heavy atom. The Morgan fingerprint density at radius 1 is 1.35 bits per heavy atom. The van der Waals surface area contributed by atoms with Gasteiger partial charge in [0.15, 0.2) is 0 Å². The second-order valence-electron chi connectivity index (χ2n) is 5.18. The van der Waals surface area contributed by atoms with E-state index in [-0.39, 0.29) is 5.91 Å². The molecule has 0 aliphatic heterocycles. The molecular weight excluding hydrogens is 252 g/mol. The van der Waals surface area contributed by atoms with Crippen LogP contribution in [0.2, 0.25) is 0 Å². The van der Waals surface area contributed by atoms with Crippen molar-refractivity contribution < 1.29 is 9.53 Å². The molecule has 0 atom stereocenters. The third-order valence-corrected chi connectivity index (χ3v) is 3.61. The van der Waals surface area contributed by atoms with Gasteiger partial charge in [0, 0.05) is 19.2 Å². The number of benzene rings is 1. The second-order valence-corrected chi connectivity index (χ2v) is 5.18. The van der Waals surface area contributed by atoms with Crippen molar-refractivity contribution >= 4 is 5.91 Å². The molecule has 0 heterocycles. The van der Waals surface area contributed by atoms with Crippen LogP contribution in [0, 0.1) is 11.3 Å². The lowest BCUT2D eigenvalue weighted by Gasteiger charge is -2.16. The zero-order chi connectivity index (χ0) is 14.4. The van der Waals surface area contributed by atoms with E-state index in [0.29, 0.717) is 24.6 Å². The summed E-state index contributed by atoms with van der Waals surface area (Å²) in [6.45, 7) is 0.454. The number of rotatable bonds is 5. The lowest BCUT2D eigenvalue weighted by molar-refractivity contribution is 0.0798. The topological polar surface area (TPSA) is 53.3 Å². The zero-order valence-corrected chi connectivity index (χ0v) is 11.8. The van der Waals surface area contributed by atoms with Crippen molar-refractivity contribution in [2.24, 2.45) is 0 Å². The van der Waals surface area contributed by atoms with Crippen LogP contribution in [0.25, 0.3) is 0 Å². The molecule has 4 nitrogen and oxygen atoms in total. The Bertz CT molecular complexity index is 484. The van der Waals surface area contributed by atoms with E-state index < -0.39 is 0 Å². The molecule has 1 aromatic rings. The van der Waals surface area contributed by atoms with Crippen LogP contribution in [0.1, 0.15) is 42.5 Å². The molecule has 4 heteroatoms. The first-order valence-corrected chi connectivity index (χ1v) is 7.10. The van der Waals surface area contributed by atoms with Gasteiger partial charge in [-0.1, -0.05) is 0 Å². The summed E-state index contributed by atoms with van der Waals surface area (Å²) in [5.74, 6) is 0.765. The van der Waals surface area contributed by atoms with Crippen LogP contribution in [-0.4, -0.2) is 30.5 Å². The van der Waals surface area contributed by atoms with Gasteiger partial charge in [-0.15, -0.1) is 0 Å². The third-order valence-electron chi connectivity index (χ3n) is 3.61. The Balaban J connectivity index is 1.93. The van der Waals surface area contributed by atoms with Crippen molar-refractivity contribution in [1.29, 1.82) is 5.26 Å². The molecule has 0 radical (unpaired) electrons. The lowest BCUT2D eigenvalue weighted by Crippen LogP contribution is -2.27. The molecular formula is C16H20N2O2. The minimum atomic E-state index is -0.0623. The minimum Gasteiger partial charge on any atom is -0.490 e. The van der Waals surface area contributed by atoms with Gasteiger partial charge in [0.2, 0.25) is 0 Å². The van der Waals surface area contributed by atoms with Gasteiger partial charge in [-0.3, -0.25) is 4.79 Å². The quantitative estimate of drug-likeness (QED) is 0.828. The number of ether oxygens (including phenoxy) is 1. The molecule has 0 unspecified atom stereocenters. The van der Waals surface area contributed by atoms with E-state index in [0.717, 1.165) is 18.6 Å². The molecule has 1 aromatic carbocycles. The van der Waals surface area contributed by atoms with Crippen LogP contribution >= 0.6 is 0 Å². The number of hydrogen-bond acceptors (Lipinski definition) is 3. The number of carbonyl (C=O) groups is 1. The normalized spacial score (nSPS) is 14.8. The molecule has 0 saturated heterocycles. The van der Waals surface area contributed by atoms with E-state index in [1.54, 1.807) is 24.1 Å². The van der Waals surface area contributed by atoms with E-state index in [2.05, 4.69) is 0 Å². The molecule has 106 valence electrons. The molecule has 0 spiro atoms. The van der Waals surface area contributed by atoms with Gasteiger partial charge in [0.25, 0.3) is 5.91 Å². The monoisotopic (exact) mass is 272 g/mol. The summed E-state index contributed by atoms with van der Waals surface area (Å²) in [5.41, 5.74) is 0.629. The van der Waals surface area contributed by atoms with Crippen molar-refractivity contribution in [3.05, 3.63) is 29.8 Å². The maximum atomic E-state index is 12.1. The second kappa shape index (κ2) is 6.95. The Hall–Kier alpha value is -2.02. The van der Waals surface area contributed by atoms with Crippen molar-refractivity contribution in [3.8, 4) is 11.8 Å². The van der Waals surface area contributed by atoms with Gasteiger partial charge in [-0.2, -0.15) is 5.26 Å². The Morgan fingerprint density at radius 2 is 2.00 bits per heavy atom. The van der Waals surface area contributed by atoms with Gasteiger partial charge >= 0.3 is 0 Å². The minimum absolute atomic E-state index is 0.0623. The lowest BCUT2D eigenvalue weighted by atomic mass is 10.2. The maximum absolute atomic E-state index is 12.1. The van der Waals surface area contributed by atoms with Gasteiger partial charge < -0.3 is 9.64 Å². The highest BCUT2D eigenvalue weighted by molar-refractivity contribution is 5.94. The number of carbonyl (C=O) groups excluding carboxylic acids is 1. The molecule has 1 aliphatic rings. The fourth-order valence-electron chi connectivity index (χ4n) is 2.41. The smallest absolute Gasteiger partial charge is 0.253 e. The van der Waals surface area contributed by atoms with Crippen molar-refractivity contribution in [2.45, 2.75) is 38.2 Å². The van der Waals surface area contributed by atoms with Crippen molar-refractivity contribution in [3.63, 3.8) is 0 Å². The molecule has 1 aliphatic carbocycles. The predicted molar refractivity (Wildman–Crippen MR) is 76.5 cm³/mol. The van der Waals surface area contributed by atoms with Crippen LogP contribution in [0.3, 0.4) is 0 Å². The summed E-state index contributed by atoms with van der Waals surface area (Å²) < 4.78 is 5.87. The van der Waals surface area contributed by atoms with E-state index in [9.17, 15) is 4.79 Å². The highest BCUT2D eigenvalue weighted by atomic mass is 16.5. The van der Waals surface area contributed by atoms with E-state index in [4.69, 9.17) is 10.00 Å². The third kappa shape index (κ3) is 3.74. The summed E-state index contributed by atoms with van der Waals surface area (Å²) in [6.07, 6.45) is 5.41. The molecule has 20 heavy (non-hydrogen) atoms. The molecule has 0 aromatic heterocycles. The van der Waals surface area contributed by atoms with E-state index in [1.165, 1.54) is 12.8 Å². The predicted octanol–water partition coefficient (Wildman–Crippen LogP) is 2.99. The Labute approximate surface area is 120 Å². The van der Waals surface area contributed by atoms with Crippen molar-refractivity contribution in [1.82, 2.24) is 4.90 Å². The summed E-state index contributed by atoms with van der Waals surface area (Å²) in [5, 5.41) is 8.54. The average molecular weight is 272 g/mol. The summed E-state index contributed by atoms with van der Waals surface area (Å²) in [4.78, 5) is 13.6.